The second-order valence-corrected chi connectivity index (χ2v) is 6.79. The number of amides is 1. The summed E-state index contributed by atoms with van der Waals surface area (Å²) in [5.41, 5.74) is 6.22. The van der Waals surface area contributed by atoms with Crippen molar-refractivity contribution in [2.24, 2.45) is 11.7 Å². The number of likely N-dealkylation sites (N-methyl/N-ethyl adjacent to an activating group) is 1. The van der Waals surface area contributed by atoms with Gasteiger partial charge in [0.25, 0.3) is 0 Å². The van der Waals surface area contributed by atoms with Crippen LogP contribution in [0.5, 0.6) is 0 Å². The maximum Gasteiger partial charge on any atom is 0.239 e. The normalized spacial score (nSPS) is 22.1. The Balaban J connectivity index is 0.00000242. The Morgan fingerprint density at radius 2 is 1.65 bits per heavy atom. The Hall–Kier alpha value is -0.0700. The van der Waals surface area contributed by atoms with Crippen molar-refractivity contribution in [2.45, 2.75) is 57.7 Å². The van der Waals surface area contributed by atoms with Gasteiger partial charge in [0, 0.05) is 45.4 Å². The molecule has 2 saturated heterocycles. The number of likely N-dealkylation sites (tertiary alicyclic amines) is 1. The van der Waals surface area contributed by atoms with Crippen LogP contribution in [0.25, 0.3) is 0 Å². The van der Waals surface area contributed by atoms with Gasteiger partial charge in [0.15, 0.2) is 0 Å². The average Bonchev–Trinajstić information content (AvgIpc) is 2.53. The van der Waals surface area contributed by atoms with Crippen molar-refractivity contribution in [2.75, 3.05) is 33.4 Å². The van der Waals surface area contributed by atoms with E-state index in [0.717, 1.165) is 52.0 Å². The van der Waals surface area contributed by atoms with Gasteiger partial charge in [-0.1, -0.05) is 0 Å². The van der Waals surface area contributed by atoms with Crippen LogP contribution in [0.1, 0.15) is 39.5 Å². The SMILES string of the molecule is CC(C)N1CCC(N(C)C(=O)C(N)C2CCOCC2)CC1.Cl.Cl. The highest BCUT2D eigenvalue weighted by Crippen LogP contribution is 2.22. The number of nitrogens with two attached hydrogens (primary N) is 1. The molecule has 2 heterocycles. The summed E-state index contributed by atoms with van der Waals surface area (Å²) in [6.07, 6.45) is 3.93. The molecular weight excluding hydrogens is 337 g/mol. The molecule has 138 valence electrons. The van der Waals surface area contributed by atoms with Gasteiger partial charge in [-0.3, -0.25) is 4.79 Å². The van der Waals surface area contributed by atoms with Crippen molar-refractivity contribution in [3.63, 3.8) is 0 Å². The fourth-order valence-corrected chi connectivity index (χ4v) is 3.48. The molecule has 0 aromatic rings. The van der Waals surface area contributed by atoms with Gasteiger partial charge >= 0.3 is 0 Å². The Bertz CT molecular complexity index is 344. The monoisotopic (exact) mass is 369 g/mol. The zero-order valence-electron chi connectivity index (χ0n) is 14.6. The largest absolute Gasteiger partial charge is 0.381 e. The molecule has 23 heavy (non-hydrogen) atoms. The van der Waals surface area contributed by atoms with Gasteiger partial charge in [0.1, 0.15) is 0 Å². The van der Waals surface area contributed by atoms with Gasteiger partial charge in [0.05, 0.1) is 6.04 Å². The van der Waals surface area contributed by atoms with E-state index in [-0.39, 0.29) is 42.7 Å². The van der Waals surface area contributed by atoms with Crippen molar-refractivity contribution < 1.29 is 9.53 Å². The van der Waals surface area contributed by atoms with Gasteiger partial charge in [-0.25, -0.2) is 0 Å². The molecule has 0 aromatic heterocycles. The number of carbonyl (C=O) groups is 1. The van der Waals surface area contributed by atoms with Crippen LogP contribution in [0.4, 0.5) is 0 Å². The predicted octanol–water partition coefficient (Wildman–Crippen LogP) is 1.92. The summed E-state index contributed by atoms with van der Waals surface area (Å²) in [7, 11) is 1.93. The predicted molar refractivity (Wildman–Crippen MR) is 98.5 cm³/mol. The highest BCUT2D eigenvalue weighted by atomic mass is 35.5. The lowest BCUT2D eigenvalue weighted by Crippen LogP contribution is -2.53. The van der Waals surface area contributed by atoms with Gasteiger partial charge in [0.2, 0.25) is 5.91 Å². The lowest BCUT2D eigenvalue weighted by molar-refractivity contribution is -0.136. The third-order valence-electron chi connectivity index (χ3n) is 5.18. The summed E-state index contributed by atoms with van der Waals surface area (Å²) in [6.45, 7) is 8.09. The van der Waals surface area contributed by atoms with E-state index in [1.54, 1.807) is 0 Å². The zero-order valence-corrected chi connectivity index (χ0v) is 16.2. The number of piperidine rings is 1. The zero-order chi connectivity index (χ0) is 15.4. The fourth-order valence-electron chi connectivity index (χ4n) is 3.48. The van der Waals surface area contributed by atoms with E-state index in [4.69, 9.17) is 10.5 Å². The molecule has 7 heteroatoms. The molecule has 1 amide bonds. The number of rotatable bonds is 4. The Morgan fingerprint density at radius 1 is 1.13 bits per heavy atom. The molecule has 1 atom stereocenters. The van der Waals surface area contributed by atoms with Crippen molar-refractivity contribution in [3.8, 4) is 0 Å². The maximum atomic E-state index is 12.6. The van der Waals surface area contributed by atoms with Crippen LogP contribution in [0.15, 0.2) is 0 Å². The summed E-state index contributed by atoms with van der Waals surface area (Å²) < 4.78 is 5.35. The molecule has 0 aliphatic carbocycles. The molecule has 2 fully saturated rings. The summed E-state index contributed by atoms with van der Waals surface area (Å²) in [5.74, 6) is 0.398. The van der Waals surface area contributed by atoms with Crippen LogP contribution < -0.4 is 5.73 Å². The third kappa shape index (κ3) is 6.05. The summed E-state index contributed by atoms with van der Waals surface area (Å²) >= 11 is 0. The molecule has 0 bridgehead atoms. The first-order valence-corrected chi connectivity index (χ1v) is 8.34. The van der Waals surface area contributed by atoms with E-state index >= 15 is 0 Å². The van der Waals surface area contributed by atoms with E-state index in [1.807, 2.05) is 11.9 Å². The van der Waals surface area contributed by atoms with Gasteiger partial charge < -0.3 is 20.3 Å². The standard InChI is InChI=1S/C16H31N3O2.2ClH/c1-12(2)19-8-4-14(5-9-19)18(3)16(20)15(17)13-6-10-21-11-7-13;;/h12-15H,4-11,17H2,1-3H3;2*1H. The van der Waals surface area contributed by atoms with Crippen molar-refractivity contribution in [3.05, 3.63) is 0 Å². The number of hydrogen-bond acceptors (Lipinski definition) is 4. The van der Waals surface area contributed by atoms with E-state index in [9.17, 15) is 4.79 Å². The first kappa shape index (κ1) is 22.9. The summed E-state index contributed by atoms with van der Waals surface area (Å²) in [6, 6.07) is 0.580. The van der Waals surface area contributed by atoms with Crippen LogP contribution in [-0.2, 0) is 9.53 Å². The van der Waals surface area contributed by atoms with Gasteiger partial charge in [-0.2, -0.15) is 0 Å². The molecule has 2 aliphatic rings. The molecule has 2 N–H and O–H groups in total. The smallest absolute Gasteiger partial charge is 0.239 e. The molecule has 0 aromatic carbocycles. The van der Waals surface area contributed by atoms with E-state index in [2.05, 4.69) is 18.7 Å². The average molecular weight is 370 g/mol. The Labute approximate surface area is 153 Å². The number of nitrogens with zero attached hydrogens (tertiary/aromatic N) is 2. The minimum atomic E-state index is -0.359. The molecule has 1 unspecified atom stereocenters. The highest BCUT2D eigenvalue weighted by Gasteiger charge is 2.32. The summed E-state index contributed by atoms with van der Waals surface area (Å²) in [5, 5.41) is 0. The molecular formula is C16H33Cl2N3O2. The van der Waals surface area contributed by atoms with Crippen LogP contribution in [0, 0.1) is 5.92 Å². The number of halogens is 2. The van der Waals surface area contributed by atoms with Crippen LogP contribution in [-0.4, -0.2) is 67.2 Å². The Kier molecular flexibility index (Phi) is 10.7. The van der Waals surface area contributed by atoms with Crippen LogP contribution in [0.3, 0.4) is 0 Å². The topological polar surface area (TPSA) is 58.8 Å². The number of hydrogen-bond donors (Lipinski definition) is 1. The second-order valence-electron chi connectivity index (χ2n) is 6.79. The van der Waals surface area contributed by atoms with E-state index < -0.39 is 0 Å². The minimum absolute atomic E-state index is 0. The summed E-state index contributed by atoms with van der Waals surface area (Å²) in [4.78, 5) is 17.0. The second kappa shape index (κ2) is 10.7. The van der Waals surface area contributed by atoms with Crippen molar-refractivity contribution in [1.29, 1.82) is 0 Å². The molecule has 0 radical (unpaired) electrons. The van der Waals surface area contributed by atoms with Gasteiger partial charge in [-0.15, -0.1) is 24.8 Å². The van der Waals surface area contributed by atoms with Gasteiger partial charge in [-0.05, 0) is 45.4 Å². The molecule has 2 aliphatic heterocycles. The minimum Gasteiger partial charge on any atom is -0.381 e. The van der Waals surface area contributed by atoms with Crippen molar-refractivity contribution in [1.82, 2.24) is 9.80 Å². The molecule has 0 spiro atoms. The third-order valence-corrected chi connectivity index (χ3v) is 5.18. The van der Waals surface area contributed by atoms with Crippen molar-refractivity contribution >= 4 is 30.7 Å². The quantitative estimate of drug-likeness (QED) is 0.822. The lowest BCUT2D eigenvalue weighted by Gasteiger charge is -2.40. The maximum absolute atomic E-state index is 12.6. The van der Waals surface area contributed by atoms with E-state index in [0.29, 0.717) is 12.1 Å². The Morgan fingerprint density at radius 3 is 2.13 bits per heavy atom. The first-order valence-electron chi connectivity index (χ1n) is 8.34. The molecule has 0 saturated carbocycles. The highest BCUT2D eigenvalue weighted by molar-refractivity contribution is 5.85. The first-order chi connectivity index (χ1) is 10.0. The molecule has 2 rings (SSSR count). The van der Waals surface area contributed by atoms with Crippen LogP contribution >= 0.6 is 24.8 Å². The number of carbonyl (C=O) groups excluding carboxylic acids is 1. The molecule has 5 nitrogen and oxygen atoms in total. The lowest BCUT2D eigenvalue weighted by atomic mass is 9.90. The number of ether oxygens (including phenoxy) is 1. The van der Waals surface area contributed by atoms with E-state index in [1.165, 1.54) is 0 Å². The fraction of sp³-hybridized carbons (Fsp3) is 0.938. The van der Waals surface area contributed by atoms with Crippen LogP contribution in [0.2, 0.25) is 0 Å².